The average molecular weight is 240 g/mol. The maximum absolute atomic E-state index is 3.72. The fraction of sp³-hybridized carbons (Fsp3) is 1.00. The van der Waals surface area contributed by atoms with Crippen molar-refractivity contribution in [1.29, 1.82) is 0 Å². The fourth-order valence-electron chi connectivity index (χ4n) is 2.66. The third-order valence-electron chi connectivity index (χ3n) is 3.90. The molecule has 0 bridgehead atoms. The van der Waals surface area contributed by atoms with Crippen molar-refractivity contribution < 1.29 is 0 Å². The zero-order valence-electron chi connectivity index (χ0n) is 12.2. The Kier molecular flexibility index (Phi) is 7.87. The first kappa shape index (κ1) is 15.0. The Morgan fingerprint density at radius 1 is 1.18 bits per heavy atom. The molecule has 102 valence electrons. The van der Waals surface area contributed by atoms with E-state index < -0.39 is 0 Å². The minimum absolute atomic E-state index is 0.692. The summed E-state index contributed by atoms with van der Waals surface area (Å²) in [5.74, 6) is 0. The molecule has 1 heterocycles. The molecule has 0 amide bonds. The van der Waals surface area contributed by atoms with Gasteiger partial charge in [0.15, 0.2) is 0 Å². The number of nitrogens with one attached hydrogen (secondary N) is 1. The highest BCUT2D eigenvalue weighted by molar-refractivity contribution is 4.76. The Bertz CT molecular complexity index is 172. The second-order valence-corrected chi connectivity index (χ2v) is 5.80. The summed E-state index contributed by atoms with van der Waals surface area (Å²) in [6.45, 7) is 10.7. The van der Waals surface area contributed by atoms with E-state index in [0.717, 1.165) is 6.04 Å². The van der Waals surface area contributed by atoms with Gasteiger partial charge >= 0.3 is 0 Å². The predicted molar refractivity (Wildman–Crippen MR) is 76.5 cm³/mol. The molecule has 1 N–H and O–H groups in total. The van der Waals surface area contributed by atoms with Crippen molar-refractivity contribution in [2.45, 2.75) is 77.8 Å². The number of rotatable bonds is 7. The second-order valence-electron chi connectivity index (χ2n) is 5.80. The second kappa shape index (κ2) is 8.93. The van der Waals surface area contributed by atoms with Crippen molar-refractivity contribution >= 4 is 0 Å². The zero-order chi connectivity index (χ0) is 12.5. The van der Waals surface area contributed by atoms with Crippen LogP contribution >= 0.6 is 0 Å². The summed E-state index contributed by atoms with van der Waals surface area (Å²) in [5.41, 5.74) is 0. The van der Waals surface area contributed by atoms with Crippen LogP contribution < -0.4 is 5.32 Å². The van der Waals surface area contributed by atoms with E-state index in [4.69, 9.17) is 0 Å². The van der Waals surface area contributed by atoms with Gasteiger partial charge in [-0.25, -0.2) is 0 Å². The molecule has 1 aliphatic heterocycles. The van der Waals surface area contributed by atoms with E-state index in [1.54, 1.807) is 0 Å². The van der Waals surface area contributed by atoms with Gasteiger partial charge in [-0.05, 0) is 46.2 Å². The lowest BCUT2D eigenvalue weighted by atomic mass is 10.1. The quantitative estimate of drug-likeness (QED) is 0.686. The van der Waals surface area contributed by atoms with Gasteiger partial charge in [-0.15, -0.1) is 0 Å². The number of unbranched alkanes of at least 4 members (excludes halogenated alkanes) is 2. The van der Waals surface area contributed by atoms with E-state index in [1.807, 2.05) is 0 Å². The standard InChI is InChI=1S/C15H32N2/c1-4-5-9-12-17(14(2)3)13-15-10-7-6-8-11-16-15/h14-16H,4-13H2,1-3H3. The third-order valence-corrected chi connectivity index (χ3v) is 3.90. The highest BCUT2D eigenvalue weighted by Gasteiger charge is 2.17. The van der Waals surface area contributed by atoms with Crippen LogP contribution in [0.15, 0.2) is 0 Å². The Morgan fingerprint density at radius 2 is 2.00 bits per heavy atom. The van der Waals surface area contributed by atoms with E-state index in [1.165, 1.54) is 64.6 Å². The van der Waals surface area contributed by atoms with Crippen LogP contribution in [-0.2, 0) is 0 Å². The largest absolute Gasteiger partial charge is 0.313 e. The molecule has 0 spiro atoms. The predicted octanol–water partition coefficient (Wildman–Crippen LogP) is 3.42. The van der Waals surface area contributed by atoms with E-state index in [0.29, 0.717) is 6.04 Å². The molecule has 2 nitrogen and oxygen atoms in total. The average Bonchev–Trinajstić information content (AvgIpc) is 2.56. The number of nitrogens with zero attached hydrogens (tertiary/aromatic N) is 1. The summed E-state index contributed by atoms with van der Waals surface area (Å²) in [6.07, 6.45) is 9.64. The summed E-state index contributed by atoms with van der Waals surface area (Å²) in [7, 11) is 0. The van der Waals surface area contributed by atoms with Crippen LogP contribution in [0.4, 0.5) is 0 Å². The van der Waals surface area contributed by atoms with Gasteiger partial charge in [0.05, 0.1) is 0 Å². The lowest BCUT2D eigenvalue weighted by molar-refractivity contribution is 0.191. The first-order valence-corrected chi connectivity index (χ1v) is 7.71. The lowest BCUT2D eigenvalue weighted by Gasteiger charge is -2.30. The van der Waals surface area contributed by atoms with Crippen LogP contribution in [0, 0.1) is 0 Å². The molecule has 0 aliphatic carbocycles. The summed E-state index contributed by atoms with van der Waals surface area (Å²) in [6, 6.07) is 1.43. The summed E-state index contributed by atoms with van der Waals surface area (Å²) in [5, 5.41) is 3.72. The van der Waals surface area contributed by atoms with Crippen molar-refractivity contribution in [1.82, 2.24) is 10.2 Å². The van der Waals surface area contributed by atoms with Crippen LogP contribution in [0.25, 0.3) is 0 Å². The van der Waals surface area contributed by atoms with Gasteiger partial charge in [-0.2, -0.15) is 0 Å². The van der Waals surface area contributed by atoms with E-state index >= 15 is 0 Å². The zero-order valence-corrected chi connectivity index (χ0v) is 12.2. The molecule has 0 saturated carbocycles. The Morgan fingerprint density at radius 3 is 2.71 bits per heavy atom. The van der Waals surface area contributed by atoms with Crippen molar-refractivity contribution in [3.8, 4) is 0 Å². The number of hydrogen-bond donors (Lipinski definition) is 1. The third kappa shape index (κ3) is 6.42. The number of hydrogen-bond acceptors (Lipinski definition) is 2. The maximum atomic E-state index is 3.72. The SMILES string of the molecule is CCCCCN(CC1CCCCCN1)C(C)C. The van der Waals surface area contributed by atoms with Crippen LogP contribution in [0.2, 0.25) is 0 Å². The molecule has 2 heteroatoms. The van der Waals surface area contributed by atoms with Crippen LogP contribution in [0.3, 0.4) is 0 Å². The molecule has 0 radical (unpaired) electrons. The first-order valence-electron chi connectivity index (χ1n) is 7.71. The Balaban J connectivity index is 2.30. The monoisotopic (exact) mass is 240 g/mol. The normalized spacial score (nSPS) is 22.1. The molecule has 1 rings (SSSR count). The molecule has 1 aliphatic rings. The topological polar surface area (TPSA) is 15.3 Å². The molecule has 0 aromatic heterocycles. The van der Waals surface area contributed by atoms with Gasteiger partial charge in [0.25, 0.3) is 0 Å². The summed E-state index contributed by atoms with van der Waals surface area (Å²) >= 11 is 0. The summed E-state index contributed by atoms with van der Waals surface area (Å²) in [4.78, 5) is 2.67. The smallest absolute Gasteiger partial charge is 0.0195 e. The minimum Gasteiger partial charge on any atom is -0.313 e. The molecule has 1 saturated heterocycles. The Hall–Kier alpha value is -0.0800. The van der Waals surface area contributed by atoms with Crippen molar-refractivity contribution in [2.75, 3.05) is 19.6 Å². The van der Waals surface area contributed by atoms with Crippen LogP contribution in [0.5, 0.6) is 0 Å². The Labute approximate surface area is 108 Å². The van der Waals surface area contributed by atoms with Crippen molar-refractivity contribution in [3.63, 3.8) is 0 Å². The van der Waals surface area contributed by atoms with Gasteiger partial charge in [-0.3, -0.25) is 4.90 Å². The van der Waals surface area contributed by atoms with Crippen LogP contribution in [0.1, 0.15) is 65.7 Å². The summed E-state index contributed by atoms with van der Waals surface area (Å²) < 4.78 is 0. The van der Waals surface area contributed by atoms with Gasteiger partial charge in [0, 0.05) is 18.6 Å². The molecule has 1 fully saturated rings. The van der Waals surface area contributed by atoms with Crippen molar-refractivity contribution in [2.24, 2.45) is 0 Å². The molecule has 0 aromatic carbocycles. The molecule has 1 unspecified atom stereocenters. The van der Waals surface area contributed by atoms with E-state index in [-0.39, 0.29) is 0 Å². The molecular weight excluding hydrogens is 208 g/mol. The fourth-order valence-corrected chi connectivity index (χ4v) is 2.66. The first-order chi connectivity index (χ1) is 8.24. The highest BCUT2D eigenvalue weighted by atomic mass is 15.2. The lowest BCUT2D eigenvalue weighted by Crippen LogP contribution is -2.44. The minimum atomic E-state index is 0.692. The molecular formula is C15H32N2. The van der Waals surface area contributed by atoms with E-state index in [2.05, 4.69) is 31.0 Å². The highest BCUT2D eigenvalue weighted by Crippen LogP contribution is 2.12. The molecule has 17 heavy (non-hydrogen) atoms. The maximum Gasteiger partial charge on any atom is 0.0195 e. The van der Waals surface area contributed by atoms with Gasteiger partial charge in [0.1, 0.15) is 0 Å². The van der Waals surface area contributed by atoms with Gasteiger partial charge < -0.3 is 5.32 Å². The molecule has 0 aromatic rings. The van der Waals surface area contributed by atoms with Gasteiger partial charge in [-0.1, -0.05) is 32.6 Å². The van der Waals surface area contributed by atoms with Crippen LogP contribution in [-0.4, -0.2) is 36.6 Å². The van der Waals surface area contributed by atoms with Crippen molar-refractivity contribution in [3.05, 3.63) is 0 Å². The van der Waals surface area contributed by atoms with E-state index in [9.17, 15) is 0 Å². The van der Waals surface area contributed by atoms with Gasteiger partial charge in [0.2, 0.25) is 0 Å². The molecule has 1 atom stereocenters.